The van der Waals surface area contributed by atoms with Crippen molar-refractivity contribution in [2.75, 3.05) is 19.7 Å². The number of aliphatic hydroxyl groups excluding tert-OH is 1. The number of unbranched alkanes of at least 4 members (excludes halogenated alkanes) is 3. The van der Waals surface area contributed by atoms with Crippen LogP contribution in [0, 0.1) is 0 Å². The fraction of sp³-hybridized carbons (Fsp3) is 0.889. The van der Waals surface area contributed by atoms with E-state index in [1.807, 2.05) is 6.92 Å². The molecule has 0 fully saturated rings. The van der Waals surface area contributed by atoms with E-state index in [0.29, 0.717) is 6.61 Å². The number of hydrogen-bond donors (Lipinski definition) is 3. The highest BCUT2D eigenvalue weighted by Crippen LogP contribution is 1.97. The summed E-state index contributed by atoms with van der Waals surface area (Å²) in [5.41, 5.74) is 0. The SMILES string of the molecule is CCNC(=S)NCCCCCCO. The average molecular weight is 204 g/mol. The van der Waals surface area contributed by atoms with E-state index in [4.69, 9.17) is 17.3 Å². The molecule has 13 heavy (non-hydrogen) atoms. The lowest BCUT2D eigenvalue weighted by Gasteiger charge is -2.07. The average Bonchev–Trinajstić information content (AvgIpc) is 2.11. The van der Waals surface area contributed by atoms with Crippen LogP contribution >= 0.6 is 12.2 Å². The van der Waals surface area contributed by atoms with E-state index < -0.39 is 0 Å². The number of rotatable bonds is 7. The Bertz CT molecular complexity index is 131. The van der Waals surface area contributed by atoms with Crippen molar-refractivity contribution in [1.82, 2.24) is 10.6 Å². The minimum atomic E-state index is 0.309. The maximum atomic E-state index is 8.53. The van der Waals surface area contributed by atoms with E-state index in [9.17, 15) is 0 Å². The van der Waals surface area contributed by atoms with Crippen molar-refractivity contribution in [2.24, 2.45) is 0 Å². The third kappa shape index (κ3) is 9.56. The van der Waals surface area contributed by atoms with Crippen LogP contribution < -0.4 is 10.6 Å². The van der Waals surface area contributed by atoms with Crippen molar-refractivity contribution >= 4 is 17.3 Å². The minimum absolute atomic E-state index is 0.309. The van der Waals surface area contributed by atoms with Gasteiger partial charge in [-0.2, -0.15) is 0 Å². The Morgan fingerprint density at radius 2 is 1.85 bits per heavy atom. The molecule has 0 heterocycles. The standard InChI is InChI=1S/C9H20N2OS/c1-2-10-9(13)11-7-5-3-4-6-8-12/h12H,2-8H2,1H3,(H2,10,11,13). The summed E-state index contributed by atoms with van der Waals surface area (Å²) < 4.78 is 0. The second kappa shape index (κ2) is 9.74. The molecule has 0 saturated carbocycles. The first-order valence-corrected chi connectivity index (χ1v) is 5.34. The second-order valence-electron chi connectivity index (χ2n) is 2.92. The van der Waals surface area contributed by atoms with Crippen LogP contribution in [-0.4, -0.2) is 29.9 Å². The summed E-state index contributed by atoms with van der Waals surface area (Å²) in [5.74, 6) is 0. The largest absolute Gasteiger partial charge is 0.396 e. The number of hydrogen-bond acceptors (Lipinski definition) is 2. The van der Waals surface area contributed by atoms with Gasteiger partial charge in [0, 0.05) is 19.7 Å². The maximum absolute atomic E-state index is 8.53. The summed E-state index contributed by atoms with van der Waals surface area (Å²) in [5, 5.41) is 15.4. The monoisotopic (exact) mass is 204 g/mol. The molecule has 0 spiro atoms. The third-order valence-corrected chi connectivity index (χ3v) is 2.00. The van der Waals surface area contributed by atoms with Gasteiger partial charge in [0.1, 0.15) is 0 Å². The Morgan fingerprint density at radius 1 is 1.15 bits per heavy atom. The molecule has 0 amide bonds. The van der Waals surface area contributed by atoms with Gasteiger partial charge >= 0.3 is 0 Å². The summed E-state index contributed by atoms with van der Waals surface area (Å²) in [6, 6.07) is 0. The highest BCUT2D eigenvalue weighted by atomic mass is 32.1. The van der Waals surface area contributed by atoms with Gasteiger partial charge in [0.05, 0.1) is 0 Å². The topological polar surface area (TPSA) is 44.3 Å². The molecule has 0 saturated heterocycles. The highest BCUT2D eigenvalue weighted by molar-refractivity contribution is 7.80. The van der Waals surface area contributed by atoms with Crippen LogP contribution in [0.1, 0.15) is 32.6 Å². The first kappa shape index (κ1) is 12.7. The predicted molar refractivity (Wildman–Crippen MR) is 59.8 cm³/mol. The van der Waals surface area contributed by atoms with E-state index in [1.54, 1.807) is 0 Å². The molecule has 0 aromatic carbocycles. The van der Waals surface area contributed by atoms with Crippen LogP contribution in [-0.2, 0) is 0 Å². The van der Waals surface area contributed by atoms with Crippen molar-refractivity contribution in [3.05, 3.63) is 0 Å². The molecule has 3 nitrogen and oxygen atoms in total. The molecule has 0 rings (SSSR count). The van der Waals surface area contributed by atoms with E-state index in [1.165, 1.54) is 0 Å². The molecule has 0 bridgehead atoms. The Labute approximate surface area is 85.9 Å². The molecule has 0 unspecified atom stereocenters. The van der Waals surface area contributed by atoms with Gasteiger partial charge in [0.15, 0.2) is 5.11 Å². The lowest BCUT2D eigenvalue weighted by molar-refractivity contribution is 0.282. The molecule has 0 radical (unpaired) electrons. The van der Waals surface area contributed by atoms with E-state index >= 15 is 0 Å². The fourth-order valence-electron chi connectivity index (χ4n) is 1.02. The summed E-state index contributed by atoms with van der Waals surface area (Å²) in [6.45, 7) is 4.13. The zero-order valence-electron chi connectivity index (χ0n) is 8.31. The van der Waals surface area contributed by atoms with Crippen molar-refractivity contribution in [3.63, 3.8) is 0 Å². The van der Waals surface area contributed by atoms with Crippen LogP contribution in [0.3, 0.4) is 0 Å². The second-order valence-corrected chi connectivity index (χ2v) is 3.33. The van der Waals surface area contributed by atoms with Gasteiger partial charge in [-0.1, -0.05) is 12.8 Å². The van der Waals surface area contributed by atoms with Crippen molar-refractivity contribution in [3.8, 4) is 0 Å². The Morgan fingerprint density at radius 3 is 2.46 bits per heavy atom. The summed E-state index contributed by atoms with van der Waals surface area (Å²) in [7, 11) is 0. The smallest absolute Gasteiger partial charge is 0.166 e. The fourth-order valence-corrected chi connectivity index (χ4v) is 1.26. The first-order valence-electron chi connectivity index (χ1n) is 4.93. The van der Waals surface area contributed by atoms with Crippen LogP contribution in [0.2, 0.25) is 0 Å². The molecule has 0 aliphatic carbocycles. The van der Waals surface area contributed by atoms with E-state index in [-0.39, 0.29) is 0 Å². The quantitative estimate of drug-likeness (QED) is 0.428. The van der Waals surface area contributed by atoms with Gasteiger partial charge in [0.2, 0.25) is 0 Å². The number of aliphatic hydroxyl groups is 1. The molecule has 0 aliphatic heterocycles. The Balaban J connectivity index is 3.02. The van der Waals surface area contributed by atoms with Gasteiger partial charge < -0.3 is 15.7 Å². The van der Waals surface area contributed by atoms with Gasteiger partial charge in [-0.25, -0.2) is 0 Å². The first-order chi connectivity index (χ1) is 6.31. The van der Waals surface area contributed by atoms with E-state index in [0.717, 1.165) is 43.9 Å². The molecule has 0 atom stereocenters. The number of nitrogens with one attached hydrogen (secondary N) is 2. The lowest BCUT2D eigenvalue weighted by Crippen LogP contribution is -2.35. The number of thiocarbonyl (C=S) groups is 1. The van der Waals surface area contributed by atoms with Crippen LogP contribution in [0.25, 0.3) is 0 Å². The van der Waals surface area contributed by atoms with Gasteiger partial charge in [0.25, 0.3) is 0 Å². The summed E-state index contributed by atoms with van der Waals surface area (Å²) >= 11 is 4.99. The minimum Gasteiger partial charge on any atom is -0.396 e. The molecule has 78 valence electrons. The zero-order valence-corrected chi connectivity index (χ0v) is 9.12. The Hall–Kier alpha value is -0.350. The molecular formula is C9H20N2OS. The molecule has 0 aromatic rings. The lowest BCUT2D eigenvalue weighted by atomic mass is 10.2. The van der Waals surface area contributed by atoms with E-state index in [2.05, 4.69) is 10.6 Å². The maximum Gasteiger partial charge on any atom is 0.166 e. The summed E-state index contributed by atoms with van der Waals surface area (Å²) in [6.07, 6.45) is 4.29. The van der Waals surface area contributed by atoms with Crippen LogP contribution in [0.15, 0.2) is 0 Å². The van der Waals surface area contributed by atoms with Crippen molar-refractivity contribution in [2.45, 2.75) is 32.6 Å². The highest BCUT2D eigenvalue weighted by Gasteiger charge is 1.92. The molecule has 0 aromatic heterocycles. The molecular weight excluding hydrogens is 184 g/mol. The van der Waals surface area contributed by atoms with Gasteiger partial charge in [-0.15, -0.1) is 0 Å². The van der Waals surface area contributed by atoms with Crippen molar-refractivity contribution in [1.29, 1.82) is 0 Å². The van der Waals surface area contributed by atoms with Crippen LogP contribution in [0.4, 0.5) is 0 Å². The summed E-state index contributed by atoms with van der Waals surface area (Å²) in [4.78, 5) is 0. The third-order valence-electron chi connectivity index (χ3n) is 1.71. The Kier molecular flexibility index (Phi) is 9.47. The molecule has 3 N–H and O–H groups in total. The molecule has 0 aliphatic rings. The van der Waals surface area contributed by atoms with Gasteiger partial charge in [-0.3, -0.25) is 0 Å². The van der Waals surface area contributed by atoms with Gasteiger partial charge in [-0.05, 0) is 32.0 Å². The predicted octanol–water partition coefficient (Wildman–Crippen LogP) is 1.02. The zero-order chi connectivity index (χ0) is 9.94. The van der Waals surface area contributed by atoms with Crippen molar-refractivity contribution < 1.29 is 5.11 Å². The van der Waals surface area contributed by atoms with Crippen LogP contribution in [0.5, 0.6) is 0 Å². The molecule has 4 heteroatoms. The normalized spacial score (nSPS) is 9.69.